The Morgan fingerprint density at radius 3 is 2.44 bits per heavy atom. The normalized spacial score (nSPS) is 17.9. The molecule has 0 saturated carbocycles. The van der Waals surface area contributed by atoms with Crippen LogP contribution in [-0.2, 0) is 16.1 Å². The molecule has 3 heterocycles. The third-order valence-electron chi connectivity index (χ3n) is 5.77. The highest BCUT2D eigenvalue weighted by atomic mass is 16.6. The third-order valence-corrected chi connectivity index (χ3v) is 5.77. The quantitative estimate of drug-likeness (QED) is 0.608. The van der Waals surface area contributed by atoms with Gasteiger partial charge in [-0.1, -0.05) is 24.3 Å². The van der Waals surface area contributed by atoms with E-state index in [2.05, 4.69) is 4.98 Å². The summed E-state index contributed by atoms with van der Waals surface area (Å²) in [5, 5.41) is 0.481. The zero-order valence-electron chi connectivity index (χ0n) is 17.3. The largest absolute Gasteiger partial charge is 0.485 e. The number of amides is 2. The fraction of sp³-hybridized carbons (Fsp3) is 0.304. The summed E-state index contributed by atoms with van der Waals surface area (Å²) in [4.78, 5) is 45.9. The number of carbonyl (C=O) groups excluding carboxylic acids is 2. The van der Waals surface area contributed by atoms with E-state index in [4.69, 9.17) is 9.47 Å². The molecular weight excluding hydrogens is 412 g/mol. The average molecular weight is 434 g/mol. The van der Waals surface area contributed by atoms with E-state index in [-0.39, 0.29) is 30.5 Å². The lowest BCUT2D eigenvalue weighted by Gasteiger charge is -2.37. The van der Waals surface area contributed by atoms with Crippen LogP contribution in [0.3, 0.4) is 0 Å². The van der Waals surface area contributed by atoms with Crippen LogP contribution in [0.15, 0.2) is 59.7 Å². The van der Waals surface area contributed by atoms with Gasteiger partial charge in [0.1, 0.15) is 13.2 Å². The van der Waals surface area contributed by atoms with Crippen LogP contribution in [0.5, 0.6) is 11.5 Å². The zero-order chi connectivity index (χ0) is 22.1. The minimum absolute atomic E-state index is 0.0824. The van der Waals surface area contributed by atoms with Crippen LogP contribution in [0.4, 0.5) is 0 Å². The maximum absolute atomic E-state index is 12.9. The van der Waals surface area contributed by atoms with Crippen molar-refractivity contribution in [2.75, 3.05) is 32.8 Å². The van der Waals surface area contributed by atoms with Gasteiger partial charge in [-0.05, 0) is 24.3 Å². The lowest BCUT2D eigenvalue weighted by molar-refractivity contribution is -0.146. The van der Waals surface area contributed by atoms with E-state index < -0.39 is 6.10 Å². The monoisotopic (exact) mass is 434 g/mol. The minimum atomic E-state index is -0.700. The number of hydrogen-bond acceptors (Lipinski definition) is 6. The smallest absolute Gasteiger partial charge is 0.267 e. The molecule has 32 heavy (non-hydrogen) atoms. The second-order valence-electron chi connectivity index (χ2n) is 7.77. The van der Waals surface area contributed by atoms with Gasteiger partial charge in [-0.2, -0.15) is 0 Å². The molecule has 2 aliphatic heterocycles. The highest BCUT2D eigenvalue weighted by Gasteiger charge is 2.33. The SMILES string of the molecule is O=C(Cn1cnc2ccccc2c1=O)N1CCN(C(=O)[C@@H]2COc3ccccc3O2)CC1. The number of ether oxygens (including phenoxy) is 2. The highest BCUT2D eigenvalue weighted by molar-refractivity contribution is 5.83. The Hall–Kier alpha value is -3.88. The molecule has 2 amide bonds. The maximum Gasteiger partial charge on any atom is 0.267 e. The summed E-state index contributed by atoms with van der Waals surface area (Å²) in [5.41, 5.74) is 0.359. The summed E-state index contributed by atoms with van der Waals surface area (Å²) in [6.07, 6.45) is 0.704. The fourth-order valence-corrected chi connectivity index (χ4v) is 3.99. The van der Waals surface area contributed by atoms with Crippen LogP contribution in [0.2, 0.25) is 0 Å². The van der Waals surface area contributed by atoms with Gasteiger partial charge in [0.15, 0.2) is 11.5 Å². The van der Waals surface area contributed by atoms with E-state index in [0.29, 0.717) is 48.6 Å². The first-order valence-corrected chi connectivity index (χ1v) is 10.5. The highest BCUT2D eigenvalue weighted by Crippen LogP contribution is 2.31. The Bertz CT molecular complexity index is 1230. The molecule has 5 rings (SSSR count). The molecule has 164 valence electrons. The van der Waals surface area contributed by atoms with Crippen LogP contribution in [0.25, 0.3) is 10.9 Å². The molecule has 9 heteroatoms. The summed E-state index contributed by atoms with van der Waals surface area (Å²) < 4.78 is 12.8. The molecule has 0 bridgehead atoms. The molecule has 1 saturated heterocycles. The van der Waals surface area contributed by atoms with Crippen molar-refractivity contribution in [3.05, 3.63) is 65.2 Å². The molecule has 0 aliphatic carbocycles. The number of carbonyl (C=O) groups is 2. The van der Waals surface area contributed by atoms with Crippen molar-refractivity contribution >= 4 is 22.7 Å². The predicted octanol–water partition coefficient (Wildman–Crippen LogP) is 0.907. The van der Waals surface area contributed by atoms with Gasteiger partial charge in [-0.25, -0.2) is 4.98 Å². The topological polar surface area (TPSA) is 94.0 Å². The molecule has 0 spiro atoms. The lowest BCUT2D eigenvalue weighted by Crippen LogP contribution is -2.55. The summed E-state index contributed by atoms with van der Waals surface area (Å²) in [7, 11) is 0. The number of benzene rings is 2. The molecule has 0 radical (unpaired) electrons. The second kappa shape index (κ2) is 8.33. The summed E-state index contributed by atoms with van der Waals surface area (Å²) in [6.45, 7) is 1.66. The van der Waals surface area contributed by atoms with Gasteiger partial charge in [0.25, 0.3) is 11.5 Å². The van der Waals surface area contributed by atoms with Crippen molar-refractivity contribution in [1.82, 2.24) is 19.4 Å². The molecule has 1 aromatic heterocycles. The lowest BCUT2D eigenvalue weighted by atomic mass is 10.2. The third kappa shape index (κ3) is 3.77. The fourth-order valence-electron chi connectivity index (χ4n) is 3.99. The van der Waals surface area contributed by atoms with E-state index in [1.54, 1.807) is 40.1 Å². The molecule has 9 nitrogen and oxygen atoms in total. The van der Waals surface area contributed by atoms with Crippen LogP contribution >= 0.6 is 0 Å². The van der Waals surface area contributed by atoms with Crippen LogP contribution in [-0.4, -0.2) is 70.1 Å². The molecule has 0 unspecified atom stereocenters. The van der Waals surface area contributed by atoms with Crippen molar-refractivity contribution in [1.29, 1.82) is 0 Å². The number of hydrogen-bond donors (Lipinski definition) is 0. The average Bonchev–Trinajstić information content (AvgIpc) is 2.85. The van der Waals surface area contributed by atoms with E-state index in [0.717, 1.165) is 0 Å². The molecule has 1 atom stereocenters. The first-order valence-electron chi connectivity index (χ1n) is 10.5. The van der Waals surface area contributed by atoms with Crippen molar-refractivity contribution in [3.63, 3.8) is 0 Å². The van der Waals surface area contributed by atoms with Crippen molar-refractivity contribution in [2.45, 2.75) is 12.6 Å². The van der Waals surface area contributed by atoms with Gasteiger partial charge in [0.2, 0.25) is 12.0 Å². The standard InChI is InChI=1S/C23H22N4O5/c28-21(13-27-15-24-17-6-2-1-5-16(17)22(27)29)25-9-11-26(12-10-25)23(30)20-14-31-18-7-3-4-8-19(18)32-20/h1-8,15,20H,9-14H2/t20-/m0/s1. The van der Waals surface area contributed by atoms with Crippen molar-refractivity contribution in [2.24, 2.45) is 0 Å². The van der Waals surface area contributed by atoms with Crippen LogP contribution < -0.4 is 15.0 Å². The minimum Gasteiger partial charge on any atom is -0.485 e. The first-order chi connectivity index (χ1) is 15.6. The molecule has 0 N–H and O–H groups in total. The Labute approximate surface area is 183 Å². The van der Waals surface area contributed by atoms with Crippen molar-refractivity contribution < 1.29 is 19.1 Å². The second-order valence-corrected chi connectivity index (χ2v) is 7.77. The predicted molar refractivity (Wildman–Crippen MR) is 116 cm³/mol. The number of fused-ring (bicyclic) bond motifs is 2. The maximum atomic E-state index is 12.9. The number of para-hydroxylation sites is 3. The molecule has 3 aromatic rings. The molecule has 1 fully saturated rings. The zero-order valence-corrected chi connectivity index (χ0v) is 17.3. The number of aromatic nitrogens is 2. The van der Waals surface area contributed by atoms with Gasteiger partial charge in [-0.15, -0.1) is 0 Å². The molecular formula is C23H22N4O5. The summed E-state index contributed by atoms with van der Waals surface area (Å²) in [6, 6.07) is 14.3. The van der Waals surface area contributed by atoms with Gasteiger partial charge >= 0.3 is 0 Å². The Balaban J connectivity index is 1.19. The van der Waals surface area contributed by atoms with Gasteiger partial charge in [-0.3, -0.25) is 19.0 Å². The number of piperazine rings is 1. The van der Waals surface area contributed by atoms with Gasteiger partial charge < -0.3 is 19.3 Å². The van der Waals surface area contributed by atoms with E-state index >= 15 is 0 Å². The van der Waals surface area contributed by atoms with Crippen molar-refractivity contribution in [3.8, 4) is 11.5 Å². The van der Waals surface area contributed by atoms with Gasteiger partial charge in [0, 0.05) is 26.2 Å². The molecule has 2 aromatic carbocycles. The number of nitrogens with zero attached hydrogens (tertiary/aromatic N) is 4. The first kappa shape index (κ1) is 20.0. The van der Waals surface area contributed by atoms with E-state index in [9.17, 15) is 14.4 Å². The van der Waals surface area contributed by atoms with Gasteiger partial charge in [0.05, 0.1) is 17.2 Å². The Morgan fingerprint density at radius 2 is 1.62 bits per heavy atom. The summed E-state index contributed by atoms with van der Waals surface area (Å²) >= 11 is 0. The van der Waals surface area contributed by atoms with E-state index in [1.807, 2.05) is 18.2 Å². The Morgan fingerprint density at radius 1 is 0.938 bits per heavy atom. The molecule has 2 aliphatic rings. The summed E-state index contributed by atoms with van der Waals surface area (Å²) in [5.74, 6) is 0.856. The van der Waals surface area contributed by atoms with Crippen LogP contribution in [0.1, 0.15) is 0 Å². The number of rotatable bonds is 3. The van der Waals surface area contributed by atoms with E-state index in [1.165, 1.54) is 10.9 Å². The Kier molecular flexibility index (Phi) is 5.22. The van der Waals surface area contributed by atoms with Crippen LogP contribution in [0, 0.1) is 0 Å².